The number of piperidine rings is 1. The Balaban J connectivity index is 1.57. The van der Waals surface area contributed by atoms with E-state index in [9.17, 15) is 9.90 Å². The quantitative estimate of drug-likeness (QED) is 0.901. The zero-order valence-corrected chi connectivity index (χ0v) is 14.7. The Kier molecular flexibility index (Phi) is 5.34. The molecule has 3 rings (SSSR count). The summed E-state index contributed by atoms with van der Waals surface area (Å²) in [6.45, 7) is 1.23. The number of carbonyl (C=O) groups is 1. The van der Waals surface area contributed by atoms with Crippen LogP contribution in [0.5, 0.6) is 17.2 Å². The maximum absolute atomic E-state index is 12.6. The van der Waals surface area contributed by atoms with E-state index in [2.05, 4.69) is 0 Å². The third-order valence-electron chi connectivity index (χ3n) is 4.27. The molecule has 0 saturated carbocycles. The number of phenols is 1. The molecule has 1 aliphatic heterocycles. The van der Waals surface area contributed by atoms with Crippen LogP contribution in [-0.4, -0.2) is 42.2 Å². The molecule has 2 aromatic carbocycles. The van der Waals surface area contributed by atoms with Gasteiger partial charge in [0.25, 0.3) is 5.91 Å². The van der Waals surface area contributed by atoms with E-state index < -0.39 is 0 Å². The van der Waals surface area contributed by atoms with Crippen LogP contribution in [0, 0.1) is 0 Å². The first-order chi connectivity index (χ1) is 12.1. The highest BCUT2D eigenvalue weighted by atomic mass is 35.5. The molecule has 0 radical (unpaired) electrons. The molecule has 1 heterocycles. The Morgan fingerprint density at radius 1 is 1.16 bits per heavy atom. The van der Waals surface area contributed by atoms with E-state index in [4.69, 9.17) is 21.1 Å². The van der Waals surface area contributed by atoms with Crippen LogP contribution in [0.3, 0.4) is 0 Å². The van der Waals surface area contributed by atoms with Crippen molar-refractivity contribution < 1.29 is 19.4 Å². The van der Waals surface area contributed by atoms with Crippen LogP contribution in [0.2, 0.25) is 5.02 Å². The van der Waals surface area contributed by atoms with Gasteiger partial charge in [-0.25, -0.2) is 0 Å². The van der Waals surface area contributed by atoms with Crippen LogP contribution in [-0.2, 0) is 0 Å². The normalized spacial score (nSPS) is 15.0. The monoisotopic (exact) mass is 361 g/mol. The lowest BCUT2D eigenvalue weighted by Crippen LogP contribution is -2.41. The van der Waals surface area contributed by atoms with Gasteiger partial charge in [-0.1, -0.05) is 11.6 Å². The number of nitrogens with zero attached hydrogens (tertiary/aromatic N) is 1. The van der Waals surface area contributed by atoms with Crippen molar-refractivity contribution in [3.05, 3.63) is 53.1 Å². The van der Waals surface area contributed by atoms with Gasteiger partial charge < -0.3 is 19.5 Å². The van der Waals surface area contributed by atoms with Crippen LogP contribution >= 0.6 is 11.6 Å². The third-order valence-corrected chi connectivity index (χ3v) is 4.52. The van der Waals surface area contributed by atoms with E-state index >= 15 is 0 Å². The number of hydrogen-bond acceptors (Lipinski definition) is 4. The number of rotatable bonds is 4. The van der Waals surface area contributed by atoms with Gasteiger partial charge in [-0.05, 0) is 42.5 Å². The minimum atomic E-state index is -0.0945. The summed E-state index contributed by atoms with van der Waals surface area (Å²) in [6, 6.07) is 12.0. The van der Waals surface area contributed by atoms with Gasteiger partial charge in [0, 0.05) is 36.5 Å². The molecule has 1 saturated heterocycles. The van der Waals surface area contributed by atoms with Crippen molar-refractivity contribution in [2.45, 2.75) is 18.9 Å². The van der Waals surface area contributed by atoms with Gasteiger partial charge in [-0.2, -0.15) is 0 Å². The summed E-state index contributed by atoms with van der Waals surface area (Å²) in [5, 5.41) is 10.5. The fraction of sp³-hybridized carbons (Fsp3) is 0.316. The predicted molar refractivity (Wildman–Crippen MR) is 95.7 cm³/mol. The molecule has 1 N–H and O–H groups in total. The van der Waals surface area contributed by atoms with Crippen molar-refractivity contribution in [1.82, 2.24) is 4.90 Å². The second-order valence-electron chi connectivity index (χ2n) is 5.95. The average Bonchev–Trinajstić information content (AvgIpc) is 2.63. The van der Waals surface area contributed by atoms with Gasteiger partial charge in [0.05, 0.1) is 7.11 Å². The first-order valence-electron chi connectivity index (χ1n) is 8.15. The summed E-state index contributed by atoms with van der Waals surface area (Å²) < 4.78 is 10.9. The highest BCUT2D eigenvalue weighted by molar-refractivity contribution is 6.30. The molecular formula is C19H20ClNO4. The SMILES string of the molecule is COc1ccc(C(=O)N2CCC(Oc3ccc(Cl)cc3)CC2)cc1O. The van der Waals surface area contributed by atoms with Crippen LogP contribution in [0.4, 0.5) is 0 Å². The highest BCUT2D eigenvalue weighted by Gasteiger charge is 2.25. The number of aromatic hydroxyl groups is 1. The molecule has 1 amide bonds. The smallest absolute Gasteiger partial charge is 0.253 e. The molecule has 5 nitrogen and oxygen atoms in total. The number of benzene rings is 2. The molecule has 6 heteroatoms. The van der Waals surface area contributed by atoms with E-state index in [0.717, 1.165) is 18.6 Å². The summed E-state index contributed by atoms with van der Waals surface area (Å²) in [4.78, 5) is 14.4. The molecule has 1 fully saturated rings. The number of phenolic OH excluding ortho intramolecular Hbond substituents is 1. The topological polar surface area (TPSA) is 59.0 Å². The van der Waals surface area contributed by atoms with Gasteiger partial charge >= 0.3 is 0 Å². The number of halogens is 1. The second-order valence-corrected chi connectivity index (χ2v) is 6.39. The summed E-state index contributed by atoms with van der Waals surface area (Å²) in [6.07, 6.45) is 1.60. The minimum Gasteiger partial charge on any atom is -0.504 e. The lowest BCUT2D eigenvalue weighted by Gasteiger charge is -2.32. The molecule has 132 valence electrons. The average molecular weight is 362 g/mol. The van der Waals surface area contributed by atoms with Gasteiger partial charge in [0.15, 0.2) is 11.5 Å². The highest BCUT2D eigenvalue weighted by Crippen LogP contribution is 2.27. The maximum Gasteiger partial charge on any atom is 0.253 e. The number of likely N-dealkylation sites (tertiary alicyclic amines) is 1. The van der Waals surface area contributed by atoms with Crippen molar-refractivity contribution >= 4 is 17.5 Å². The molecule has 0 aliphatic carbocycles. The molecule has 1 aliphatic rings. The molecule has 0 aromatic heterocycles. The minimum absolute atomic E-state index is 0.0330. The van der Waals surface area contributed by atoms with Crippen molar-refractivity contribution in [2.75, 3.05) is 20.2 Å². The third kappa shape index (κ3) is 4.17. The molecule has 2 aromatic rings. The van der Waals surface area contributed by atoms with Crippen LogP contribution in [0.25, 0.3) is 0 Å². The maximum atomic E-state index is 12.6. The fourth-order valence-electron chi connectivity index (χ4n) is 2.89. The Labute approximate surface area is 151 Å². The lowest BCUT2D eigenvalue weighted by molar-refractivity contribution is 0.0595. The van der Waals surface area contributed by atoms with E-state index in [0.29, 0.717) is 29.4 Å². The van der Waals surface area contributed by atoms with E-state index in [-0.39, 0.29) is 17.8 Å². The van der Waals surface area contributed by atoms with Crippen molar-refractivity contribution in [3.8, 4) is 17.2 Å². The lowest BCUT2D eigenvalue weighted by atomic mass is 10.1. The van der Waals surface area contributed by atoms with Crippen molar-refractivity contribution in [1.29, 1.82) is 0 Å². The van der Waals surface area contributed by atoms with Crippen molar-refractivity contribution in [2.24, 2.45) is 0 Å². The molecule has 0 atom stereocenters. The van der Waals surface area contributed by atoms with Crippen LogP contribution in [0.15, 0.2) is 42.5 Å². The summed E-state index contributed by atoms with van der Waals surface area (Å²) in [5.74, 6) is 1.01. The fourth-order valence-corrected chi connectivity index (χ4v) is 3.01. The number of methoxy groups -OCH3 is 1. The zero-order chi connectivity index (χ0) is 17.8. The Morgan fingerprint density at radius 2 is 1.84 bits per heavy atom. The van der Waals surface area contributed by atoms with E-state index in [1.54, 1.807) is 29.2 Å². The van der Waals surface area contributed by atoms with Crippen molar-refractivity contribution in [3.63, 3.8) is 0 Å². The van der Waals surface area contributed by atoms with Crippen LogP contribution < -0.4 is 9.47 Å². The van der Waals surface area contributed by atoms with Gasteiger partial charge in [0.2, 0.25) is 0 Å². The van der Waals surface area contributed by atoms with Gasteiger partial charge in [-0.15, -0.1) is 0 Å². The predicted octanol–water partition coefficient (Wildman–Crippen LogP) is 3.74. The zero-order valence-electron chi connectivity index (χ0n) is 13.9. The molecule has 0 spiro atoms. The second kappa shape index (κ2) is 7.66. The van der Waals surface area contributed by atoms with Crippen LogP contribution in [0.1, 0.15) is 23.2 Å². The summed E-state index contributed by atoms with van der Waals surface area (Å²) in [7, 11) is 1.47. The standard InChI is InChI=1S/C19H20ClNO4/c1-24-18-7-2-13(12-17(18)22)19(23)21-10-8-16(9-11-21)25-15-5-3-14(20)4-6-15/h2-7,12,16,22H,8-11H2,1H3. The Bertz CT molecular complexity index is 740. The summed E-state index contributed by atoms with van der Waals surface area (Å²) >= 11 is 5.87. The van der Waals surface area contributed by atoms with Gasteiger partial charge in [0.1, 0.15) is 11.9 Å². The number of carbonyl (C=O) groups excluding carboxylic acids is 1. The first kappa shape index (κ1) is 17.4. The Hall–Kier alpha value is -2.40. The largest absolute Gasteiger partial charge is 0.504 e. The molecule has 0 unspecified atom stereocenters. The molecule has 25 heavy (non-hydrogen) atoms. The number of amides is 1. The molecular weight excluding hydrogens is 342 g/mol. The summed E-state index contributed by atoms with van der Waals surface area (Å²) in [5.41, 5.74) is 0.454. The molecule has 0 bridgehead atoms. The van der Waals surface area contributed by atoms with Gasteiger partial charge in [-0.3, -0.25) is 4.79 Å². The Morgan fingerprint density at radius 3 is 2.44 bits per heavy atom. The number of ether oxygens (including phenoxy) is 2. The van der Waals surface area contributed by atoms with E-state index in [1.807, 2.05) is 12.1 Å². The number of hydrogen-bond donors (Lipinski definition) is 1. The van der Waals surface area contributed by atoms with E-state index in [1.165, 1.54) is 13.2 Å². The first-order valence-corrected chi connectivity index (χ1v) is 8.53.